The van der Waals surface area contributed by atoms with Crippen LogP contribution in [0.25, 0.3) is 11.1 Å². The molecule has 2 heterocycles. The molecule has 4 heteroatoms. The van der Waals surface area contributed by atoms with Crippen molar-refractivity contribution in [3.05, 3.63) is 34.3 Å². The van der Waals surface area contributed by atoms with Crippen LogP contribution in [0.1, 0.15) is 24.3 Å². The molecule has 0 aliphatic carbocycles. The second-order valence-corrected chi connectivity index (χ2v) is 4.29. The van der Waals surface area contributed by atoms with Gasteiger partial charge in [-0.2, -0.15) is 0 Å². The van der Waals surface area contributed by atoms with Crippen molar-refractivity contribution in [1.29, 1.82) is 0 Å². The van der Waals surface area contributed by atoms with E-state index in [0.717, 1.165) is 31.4 Å². The van der Waals surface area contributed by atoms with Crippen molar-refractivity contribution < 1.29 is 4.42 Å². The van der Waals surface area contributed by atoms with Gasteiger partial charge >= 0.3 is 5.76 Å². The highest BCUT2D eigenvalue weighted by molar-refractivity contribution is 5.72. The molecule has 1 aliphatic rings. The van der Waals surface area contributed by atoms with E-state index < -0.39 is 0 Å². The van der Waals surface area contributed by atoms with E-state index in [1.54, 1.807) is 0 Å². The van der Waals surface area contributed by atoms with E-state index in [1.165, 1.54) is 5.56 Å². The van der Waals surface area contributed by atoms with Crippen molar-refractivity contribution in [3.8, 4) is 0 Å². The van der Waals surface area contributed by atoms with Gasteiger partial charge in [-0.1, -0.05) is 6.07 Å². The van der Waals surface area contributed by atoms with Crippen LogP contribution in [0.4, 0.5) is 0 Å². The van der Waals surface area contributed by atoms with Crippen LogP contribution < -0.4 is 11.1 Å². The molecule has 0 spiro atoms. The lowest BCUT2D eigenvalue weighted by molar-refractivity contribution is 0.460. The molecular formula is C12H14N2O2. The van der Waals surface area contributed by atoms with E-state index in [9.17, 15) is 4.79 Å². The number of nitrogens with one attached hydrogen (secondary N) is 2. The minimum atomic E-state index is -0.377. The van der Waals surface area contributed by atoms with Gasteiger partial charge in [0.2, 0.25) is 0 Å². The van der Waals surface area contributed by atoms with Crippen LogP contribution in [0.5, 0.6) is 0 Å². The summed E-state index contributed by atoms with van der Waals surface area (Å²) in [6, 6.07) is 6.00. The third-order valence-corrected chi connectivity index (χ3v) is 3.26. The molecule has 1 aliphatic heterocycles. The average molecular weight is 218 g/mol. The lowest BCUT2D eigenvalue weighted by Gasteiger charge is -2.22. The van der Waals surface area contributed by atoms with E-state index >= 15 is 0 Å². The fourth-order valence-electron chi connectivity index (χ4n) is 2.37. The molecular weight excluding hydrogens is 204 g/mol. The predicted molar refractivity (Wildman–Crippen MR) is 61.7 cm³/mol. The van der Waals surface area contributed by atoms with Gasteiger partial charge < -0.3 is 9.73 Å². The zero-order valence-corrected chi connectivity index (χ0v) is 8.95. The number of H-pyrrole nitrogens is 1. The summed E-state index contributed by atoms with van der Waals surface area (Å²) in [5.41, 5.74) is 2.72. The summed E-state index contributed by atoms with van der Waals surface area (Å²) < 4.78 is 5.07. The third kappa shape index (κ3) is 1.65. The van der Waals surface area contributed by atoms with Crippen molar-refractivity contribution in [2.45, 2.75) is 18.8 Å². The van der Waals surface area contributed by atoms with E-state index in [-0.39, 0.29) is 5.76 Å². The summed E-state index contributed by atoms with van der Waals surface area (Å²) in [7, 11) is 0. The standard InChI is InChI=1S/C12H14N2O2/c15-12-14-10-2-1-9(7-11(10)16-12)8-3-5-13-6-4-8/h1-2,7-8,13H,3-6H2,(H,14,15). The number of fused-ring (bicyclic) bond motifs is 1. The highest BCUT2D eigenvalue weighted by Crippen LogP contribution is 2.27. The molecule has 16 heavy (non-hydrogen) atoms. The molecule has 0 bridgehead atoms. The molecule has 4 nitrogen and oxygen atoms in total. The van der Waals surface area contributed by atoms with Gasteiger partial charge in [-0.25, -0.2) is 4.79 Å². The molecule has 0 unspecified atom stereocenters. The number of aromatic nitrogens is 1. The van der Waals surface area contributed by atoms with Gasteiger partial charge in [0.05, 0.1) is 5.52 Å². The van der Waals surface area contributed by atoms with Gasteiger partial charge in [-0.3, -0.25) is 4.98 Å². The molecule has 0 saturated carbocycles. The quantitative estimate of drug-likeness (QED) is 0.764. The van der Waals surface area contributed by atoms with Gasteiger partial charge in [0, 0.05) is 0 Å². The summed E-state index contributed by atoms with van der Waals surface area (Å²) in [5, 5.41) is 3.35. The fourth-order valence-corrected chi connectivity index (χ4v) is 2.37. The summed E-state index contributed by atoms with van der Waals surface area (Å²) in [6.45, 7) is 2.14. The van der Waals surface area contributed by atoms with Crippen molar-refractivity contribution >= 4 is 11.1 Å². The smallest absolute Gasteiger partial charge is 0.408 e. The third-order valence-electron chi connectivity index (χ3n) is 3.26. The number of hydrogen-bond donors (Lipinski definition) is 2. The zero-order chi connectivity index (χ0) is 11.0. The molecule has 84 valence electrons. The maximum absolute atomic E-state index is 11.0. The van der Waals surface area contributed by atoms with Crippen molar-refractivity contribution in [2.24, 2.45) is 0 Å². The first-order chi connectivity index (χ1) is 7.83. The van der Waals surface area contributed by atoms with Crippen LogP contribution in [0.2, 0.25) is 0 Å². The Morgan fingerprint density at radius 1 is 1.25 bits per heavy atom. The van der Waals surface area contributed by atoms with E-state index in [2.05, 4.69) is 16.4 Å². The van der Waals surface area contributed by atoms with Gasteiger partial charge in [0.25, 0.3) is 0 Å². The van der Waals surface area contributed by atoms with Crippen LogP contribution in [0, 0.1) is 0 Å². The molecule has 2 aromatic rings. The Hall–Kier alpha value is -1.55. The first-order valence-corrected chi connectivity index (χ1v) is 5.66. The monoisotopic (exact) mass is 218 g/mol. The first kappa shape index (κ1) is 9.66. The normalized spacial score (nSPS) is 18.0. The number of piperidine rings is 1. The second kappa shape index (κ2) is 3.79. The van der Waals surface area contributed by atoms with Crippen LogP contribution in [0.3, 0.4) is 0 Å². The number of rotatable bonds is 1. The van der Waals surface area contributed by atoms with E-state index in [1.807, 2.05) is 12.1 Å². The largest absolute Gasteiger partial charge is 0.417 e. The van der Waals surface area contributed by atoms with Crippen molar-refractivity contribution in [1.82, 2.24) is 10.3 Å². The minimum absolute atomic E-state index is 0.377. The molecule has 1 saturated heterocycles. The Morgan fingerprint density at radius 2 is 2.06 bits per heavy atom. The first-order valence-electron chi connectivity index (χ1n) is 5.66. The number of benzene rings is 1. The topological polar surface area (TPSA) is 58.0 Å². The molecule has 0 amide bonds. The Kier molecular flexibility index (Phi) is 2.29. The summed E-state index contributed by atoms with van der Waals surface area (Å²) in [4.78, 5) is 13.7. The van der Waals surface area contributed by atoms with E-state index in [0.29, 0.717) is 11.5 Å². The van der Waals surface area contributed by atoms with Crippen LogP contribution in [-0.4, -0.2) is 18.1 Å². The summed E-state index contributed by atoms with van der Waals surface area (Å²) in [6.07, 6.45) is 2.31. The van der Waals surface area contributed by atoms with Gasteiger partial charge in [0.1, 0.15) is 0 Å². The fraction of sp³-hybridized carbons (Fsp3) is 0.417. The van der Waals surface area contributed by atoms with Gasteiger partial charge in [-0.05, 0) is 49.5 Å². The molecule has 1 aromatic heterocycles. The Balaban J connectivity index is 2.00. The average Bonchev–Trinajstić information content (AvgIpc) is 2.69. The SMILES string of the molecule is O=c1[nH]c2ccc(C3CCNCC3)cc2o1. The predicted octanol–water partition coefficient (Wildman–Crippen LogP) is 1.59. The highest BCUT2D eigenvalue weighted by atomic mass is 16.4. The molecule has 1 aromatic carbocycles. The molecule has 2 N–H and O–H groups in total. The Morgan fingerprint density at radius 3 is 2.88 bits per heavy atom. The second-order valence-electron chi connectivity index (χ2n) is 4.29. The summed E-state index contributed by atoms with van der Waals surface area (Å²) >= 11 is 0. The summed E-state index contributed by atoms with van der Waals surface area (Å²) in [5.74, 6) is 0.211. The van der Waals surface area contributed by atoms with Crippen LogP contribution in [-0.2, 0) is 0 Å². The maximum atomic E-state index is 11.0. The molecule has 0 atom stereocenters. The Labute approximate surface area is 92.7 Å². The highest BCUT2D eigenvalue weighted by Gasteiger charge is 2.16. The lowest BCUT2D eigenvalue weighted by atomic mass is 9.90. The van der Waals surface area contributed by atoms with Gasteiger partial charge in [-0.15, -0.1) is 0 Å². The van der Waals surface area contributed by atoms with Crippen molar-refractivity contribution in [3.63, 3.8) is 0 Å². The van der Waals surface area contributed by atoms with Crippen molar-refractivity contribution in [2.75, 3.05) is 13.1 Å². The molecule has 1 fully saturated rings. The maximum Gasteiger partial charge on any atom is 0.417 e. The zero-order valence-electron chi connectivity index (χ0n) is 8.95. The minimum Gasteiger partial charge on any atom is -0.408 e. The lowest BCUT2D eigenvalue weighted by Crippen LogP contribution is -2.26. The van der Waals surface area contributed by atoms with Gasteiger partial charge in [0.15, 0.2) is 5.58 Å². The Bertz CT molecular complexity index is 549. The molecule has 3 rings (SSSR count). The number of hydrogen-bond acceptors (Lipinski definition) is 3. The van der Waals surface area contributed by atoms with Crippen LogP contribution in [0.15, 0.2) is 27.4 Å². The molecule has 0 radical (unpaired) electrons. The number of oxazole rings is 1. The van der Waals surface area contributed by atoms with Crippen LogP contribution >= 0.6 is 0 Å². The van der Waals surface area contributed by atoms with E-state index in [4.69, 9.17) is 4.42 Å². The number of aromatic amines is 1.